The Morgan fingerprint density at radius 2 is 1.71 bits per heavy atom. The molecule has 3 N–H and O–H groups in total. The number of amides is 2. The van der Waals surface area contributed by atoms with Gasteiger partial charge in [0.15, 0.2) is 5.96 Å². The molecule has 2 aromatic carbocycles. The molecule has 0 bridgehead atoms. The molecular weight excluding hydrogens is 388 g/mol. The molecule has 3 atom stereocenters. The van der Waals surface area contributed by atoms with Crippen LogP contribution in [-0.2, 0) is 4.79 Å². The van der Waals surface area contributed by atoms with E-state index in [2.05, 4.69) is 10.6 Å². The Morgan fingerprint density at radius 3 is 2.32 bits per heavy atom. The highest BCUT2D eigenvalue weighted by Gasteiger charge is 2.41. The molecule has 0 aliphatic carbocycles. The fourth-order valence-electron chi connectivity index (χ4n) is 3.85. The van der Waals surface area contributed by atoms with Crippen molar-refractivity contribution in [2.75, 3.05) is 0 Å². The number of guanidine groups is 1. The van der Waals surface area contributed by atoms with Gasteiger partial charge < -0.3 is 10.6 Å². The summed E-state index contributed by atoms with van der Waals surface area (Å²) in [7, 11) is 0. The zero-order valence-corrected chi connectivity index (χ0v) is 18.9. The van der Waals surface area contributed by atoms with Gasteiger partial charge in [-0.25, -0.2) is 0 Å². The molecule has 1 fully saturated rings. The average molecular weight is 421 g/mol. The zero-order chi connectivity index (χ0) is 22.8. The van der Waals surface area contributed by atoms with E-state index in [0.717, 1.165) is 11.1 Å². The number of hydrogen-bond acceptors (Lipinski definition) is 3. The average Bonchev–Trinajstić information content (AvgIpc) is 2.73. The van der Waals surface area contributed by atoms with Gasteiger partial charge in [0.25, 0.3) is 5.91 Å². The molecular formula is C25H32N4O2. The van der Waals surface area contributed by atoms with Gasteiger partial charge in [-0.2, -0.15) is 0 Å². The van der Waals surface area contributed by atoms with Crippen LogP contribution in [0.25, 0.3) is 0 Å². The topological polar surface area (TPSA) is 85.3 Å². The van der Waals surface area contributed by atoms with Crippen molar-refractivity contribution >= 4 is 17.8 Å². The van der Waals surface area contributed by atoms with Gasteiger partial charge in [0, 0.05) is 11.1 Å². The van der Waals surface area contributed by atoms with E-state index in [1.54, 1.807) is 12.1 Å². The first-order valence-electron chi connectivity index (χ1n) is 10.8. The number of benzene rings is 2. The smallest absolute Gasteiger partial charge is 0.251 e. The monoisotopic (exact) mass is 420 g/mol. The Bertz CT molecular complexity index is 952. The molecule has 6 nitrogen and oxygen atoms in total. The van der Waals surface area contributed by atoms with Crippen LogP contribution >= 0.6 is 0 Å². The predicted octanol–water partition coefficient (Wildman–Crippen LogP) is 4.41. The van der Waals surface area contributed by atoms with Gasteiger partial charge in [-0.3, -0.25) is 19.9 Å². The van der Waals surface area contributed by atoms with Crippen LogP contribution in [0, 0.1) is 11.3 Å². The highest BCUT2D eigenvalue weighted by Crippen LogP contribution is 2.31. The maximum atomic E-state index is 12.9. The van der Waals surface area contributed by atoms with Gasteiger partial charge in [0.2, 0.25) is 5.91 Å². The molecule has 164 valence electrons. The molecule has 0 aromatic heterocycles. The second-order valence-corrected chi connectivity index (χ2v) is 8.89. The zero-order valence-electron chi connectivity index (χ0n) is 18.9. The minimum atomic E-state index is -0.431. The molecule has 0 saturated carbocycles. The third-order valence-electron chi connectivity index (χ3n) is 6.37. The van der Waals surface area contributed by atoms with E-state index in [0.29, 0.717) is 12.0 Å². The lowest BCUT2D eigenvalue weighted by atomic mass is 9.83. The summed E-state index contributed by atoms with van der Waals surface area (Å²) in [4.78, 5) is 27.2. The highest BCUT2D eigenvalue weighted by atomic mass is 16.2. The van der Waals surface area contributed by atoms with Crippen molar-refractivity contribution < 1.29 is 9.59 Å². The molecule has 1 heterocycles. The fourth-order valence-corrected chi connectivity index (χ4v) is 3.85. The largest absolute Gasteiger partial charge is 0.350 e. The van der Waals surface area contributed by atoms with Crippen LogP contribution in [0.2, 0.25) is 0 Å². The Morgan fingerprint density at radius 1 is 1.06 bits per heavy atom. The van der Waals surface area contributed by atoms with Gasteiger partial charge in [-0.15, -0.1) is 0 Å². The lowest BCUT2D eigenvalue weighted by molar-refractivity contribution is -0.132. The Balaban J connectivity index is 1.76. The number of rotatable bonds is 6. The highest BCUT2D eigenvalue weighted by molar-refractivity contribution is 5.99. The minimum absolute atomic E-state index is 0.0833. The number of nitrogens with zero attached hydrogens (tertiary/aromatic N) is 1. The van der Waals surface area contributed by atoms with E-state index in [1.165, 1.54) is 4.90 Å². The van der Waals surface area contributed by atoms with Gasteiger partial charge in [-0.1, -0.05) is 56.3 Å². The second kappa shape index (κ2) is 8.92. The molecule has 1 aliphatic rings. The van der Waals surface area contributed by atoms with Crippen molar-refractivity contribution in [2.45, 2.75) is 58.7 Å². The standard InChI is InChI=1S/C25H32N4O2/c1-16(2)25(5)15-22(30)29(24(26)28-25)18(4)20-12-9-13-21(14-20)23(31)27-17(3)19-10-7-6-8-11-19/h6-14,16-18H,15H2,1-5H3,(H2,26,28)(H,27,31)/t17-,18+,25-/m0/s1. The van der Waals surface area contributed by atoms with Crippen LogP contribution in [0.3, 0.4) is 0 Å². The van der Waals surface area contributed by atoms with E-state index in [-0.39, 0.29) is 35.8 Å². The molecule has 6 heteroatoms. The molecule has 1 saturated heterocycles. The number of carbonyl (C=O) groups excluding carboxylic acids is 2. The molecule has 0 spiro atoms. The maximum Gasteiger partial charge on any atom is 0.251 e. The van der Waals surface area contributed by atoms with Crippen molar-refractivity contribution in [1.29, 1.82) is 5.41 Å². The Hall–Kier alpha value is -3.15. The summed E-state index contributed by atoms with van der Waals surface area (Å²) in [5, 5.41) is 14.7. The van der Waals surface area contributed by atoms with Gasteiger partial charge >= 0.3 is 0 Å². The lowest BCUT2D eigenvalue weighted by Gasteiger charge is -2.45. The summed E-state index contributed by atoms with van der Waals surface area (Å²) in [5.74, 6) is 0.0661. The minimum Gasteiger partial charge on any atom is -0.350 e. The molecule has 3 rings (SSSR count). The van der Waals surface area contributed by atoms with E-state index in [9.17, 15) is 9.59 Å². The van der Waals surface area contributed by atoms with Crippen molar-refractivity contribution in [2.24, 2.45) is 5.92 Å². The first-order chi connectivity index (χ1) is 14.6. The predicted molar refractivity (Wildman–Crippen MR) is 123 cm³/mol. The van der Waals surface area contributed by atoms with E-state index in [4.69, 9.17) is 5.41 Å². The summed E-state index contributed by atoms with van der Waals surface area (Å²) < 4.78 is 0. The van der Waals surface area contributed by atoms with Gasteiger partial charge in [-0.05, 0) is 49.9 Å². The van der Waals surface area contributed by atoms with Crippen molar-refractivity contribution in [1.82, 2.24) is 15.5 Å². The van der Waals surface area contributed by atoms with Crippen LogP contribution in [0.5, 0.6) is 0 Å². The van der Waals surface area contributed by atoms with Gasteiger partial charge in [0.1, 0.15) is 0 Å². The third kappa shape index (κ3) is 4.79. The molecule has 2 amide bonds. The summed E-state index contributed by atoms with van der Waals surface area (Å²) >= 11 is 0. The molecule has 1 aliphatic heterocycles. The molecule has 0 radical (unpaired) electrons. The van der Waals surface area contributed by atoms with E-state index >= 15 is 0 Å². The van der Waals surface area contributed by atoms with Crippen molar-refractivity contribution in [3.8, 4) is 0 Å². The first kappa shape index (κ1) is 22.5. The molecule has 2 aromatic rings. The summed E-state index contributed by atoms with van der Waals surface area (Å²) in [6, 6.07) is 16.6. The normalized spacial score (nSPS) is 20.9. The lowest BCUT2D eigenvalue weighted by Crippen LogP contribution is -2.63. The van der Waals surface area contributed by atoms with Crippen molar-refractivity contribution in [3.63, 3.8) is 0 Å². The van der Waals surface area contributed by atoms with Crippen LogP contribution < -0.4 is 10.6 Å². The number of nitrogens with one attached hydrogen (secondary N) is 3. The summed E-state index contributed by atoms with van der Waals surface area (Å²) in [5.41, 5.74) is 1.95. The second-order valence-electron chi connectivity index (χ2n) is 8.89. The number of hydrogen-bond donors (Lipinski definition) is 3. The summed E-state index contributed by atoms with van der Waals surface area (Å²) in [6.07, 6.45) is 0.326. The first-order valence-corrected chi connectivity index (χ1v) is 10.8. The Labute approximate surface area is 184 Å². The third-order valence-corrected chi connectivity index (χ3v) is 6.37. The molecule has 31 heavy (non-hydrogen) atoms. The van der Waals surface area contributed by atoms with E-state index in [1.807, 2.05) is 77.1 Å². The Kier molecular flexibility index (Phi) is 6.48. The van der Waals surface area contributed by atoms with Gasteiger partial charge in [0.05, 0.1) is 18.5 Å². The van der Waals surface area contributed by atoms with E-state index < -0.39 is 5.54 Å². The van der Waals surface area contributed by atoms with Crippen LogP contribution in [0.1, 0.15) is 74.6 Å². The van der Waals surface area contributed by atoms with Crippen LogP contribution in [0.15, 0.2) is 54.6 Å². The fraction of sp³-hybridized carbons (Fsp3) is 0.400. The quantitative estimate of drug-likeness (QED) is 0.647. The molecule has 0 unspecified atom stereocenters. The van der Waals surface area contributed by atoms with Crippen LogP contribution in [-0.4, -0.2) is 28.2 Å². The number of carbonyl (C=O) groups is 2. The van der Waals surface area contributed by atoms with Crippen LogP contribution in [0.4, 0.5) is 0 Å². The maximum absolute atomic E-state index is 12.9. The SMILES string of the molecule is CC(C)[C@]1(C)CC(=O)N([C@H](C)c2cccc(C(=O)N[C@@H](C)c3ccccc3)c2)C(=N)N1. The summed E-state index contributed by atoms with van der Waals surface area (Å²) in [6.45, 7) is 9.90. The van der Waals surface area contributed by atoms with Crippen molar-refractivity contribution in [3.05, 3.63) is 71.3 Å².